The molecule has 110 valence electrons. The fourth-order valence-corrected chi connectivity index (χ4v) is 2.28. The SMILES string of the molecule is Cc1ccc(-n2nnnc2NCCC2=CCOCC2)cc1. The Morgan fingerprint density at radius 3 is 2.90 bits per heavy atom. The van der Waals surface area contributed by atoms with E-state index in [2.05, 4.69) is 33.8 Å². The van der Waals surface area contributed by atoms with E-state index in [9.17, 15) is 0 Å². The second kappa shape index (κ2) is 6.49. The number of tetrazole rings is 1. The molecule has 1 aromatic heterocycles. The van der Waals surface area contributed by atoms with Gasteiger partial charge in [0.25, 0.3) is 0 Å². The fraction of sp³-hybridized carbons (Fsp3) is 0.400. The molecule has 6 nitrogen and oxygen atoms in total. The van der Waals surface area contributed by atoms with Gasteiger partial charge in [-0.15, -0.1) is 0 Å². The first-order valence-corrected chi connectivity index (χ1v) is 7.18. The van der Waals surface area contributed by atoms with Gasteiger partial charge in [-0.3, -0.25) is 0 Å². The molecule has 0 unspecified atom stereocenters. The van der Waals surface area contributed by atoms with Crippen LogP contribution < -0.4 is 5.32 Å². The third-order valence-corrected chi connectivity index (χ3v) is 3.53. The number of hydrogen-bond donors (Lipinski definition) is 1. The van der Waals surface area contributed by atoms with Crippen LogP contribution >= 0.6 is 0 Å². The average molecular weight is 285 g/mol. The minimum absolute atomic E-state index is 0.673. The van der Waals surface area contributed by atoms with E-state index >= 15 is 0 Å². The lowest BCUT2D eigenvalue weighted by molar-refractivity contribution is 0.153. The van der Waals surface area contributed by atoms with E-state index in [1.54, 1.807) is 4.68 Å². The van der Waals surface area contributed by atoms with Gasteiger partial charge in [-0.05, 0) is 42.3 Å². The van der Waals surface area contributed by atoms with Gasteiger partial charge in [-0.25, -0.2) is 0 Å². The Labute approximate surface area is 123 Å². The highest BCUT2D eigenvalue weighted by Crippen LogP contribution is 2.14. The Balaban J connectivity index is 1.62. The van der Waals surface area contributed by atoms with Crippen molar-refractivity contribution in [3.05, 3.63) is 41.5 Å². The molecule has 0 bridgehead atoms. The number of aromatic nitrogens is 4. The highest BCUT2D eigenvalue weighted by Gasteiger charge is 2.08. The summed E-state index contributed by atoms with van der Waals surface area (Å²) in [5.74, 6) is 0.673. The van der Waals surface area contributed by atoms with Gasteiger partial charge in [-0.1, -0.05) is 34.4 Å². The summed E-state index contributed by atoms with van der Waals surface area (Å²) in [5, 5.41) is 15.1. The van der Waals surface area contributed by atoms with Crippen LogP contribution in [0.4, 0.5) is 5.95 Å². The third-order valence-electron chi connectivity index (χ3n) is 3.53. The molecule has 0 saturated carbocycles. The van der Waals surface area contributed by atoms with Crippen LogP contribution in [0.25, 0.3) is 5.69 Å². The summed E-state index contributed by atoms with van der Waals surface area (Å²) in [7, 11) is 0. The van der Waals surface area contributed by atoms with Crippen molar-refractivity contribution in [2.75, 3.05) is 25.1 Å². The van der Waals surface area contributed by atoms with Gasteiger partial charge < -0.3 is 10.1 Å². The quantitative estimate of drug-likeness (QED) is 0.852. The van der Waals surface area contributed by atoms with Gasteiger partial charge in [0, 0.05) is 6.54 Å². The van der Waals surface area contributed by atoms with E-state index < -0.39 is 0 Å². The Kier molecular flexibility index (Phi) is 4.25. The third kappa shape index (κ3) is 3.46. The number of aryl methyl sites for hydroxylation is 1. The monoisotopic (exact) mass is 285 g/mol. The topological polar surface area (TPSA) is 64.9 Å². The number of nitrogens with one attached hydrogen (secondary N) is 1. The van der Waals surface area contributed by atoms with E-state index in [0.29, 0.717) is 5.95 Å². The number of ether oxygens (including phenoxy) is 1. The Hall–Kier alpha value is -2.21. The zero-order valence-corrected chi connectivity index (χ0v) is 12.1. The fourth-order valence-electron chi connectivity index (χ4n) is 2.28. The Morgan fingerprint density at radius 1 is 1.29 bits per heavy atom. The predicted octanol–water partition coefficient (Wildman–Crippen LogP) is 2.12. The lowest BCUT2D eigenvalue weighted by Gasteiger charge is -2.13. The lowest BCUT2D eigenvalue weighted by Crippen LogP contribution is -2.12. The van der Waals surface area contributed by atoms with Crippen molar-refractivity contribution in [3.8, 4) is 5.69 Å². The highest BCUT2D eigenvalue weighted by atomic mass is 16.5. The zero-order valence-electron chi connectivity index (χ0n) is 12.1. The number of anilines is 1. The molecule has 0 fully saturated rings. The molecule has 0 saturated heterocycles. The van der Waals surface area contributed by atoms with Crippen molar-refractivity contribution in [1.82, 2.24) is 20.2 Å². The summed E-state index contributed by atoms with van der Waals surface area (Å²) < 4.78 is 7.03. The predicted molar refractivity (Wildman–Crippen MR) is 80.5 cm³/mol. The van der Waals surface area contributed by atoms with Crippen LogP contribution in [0.2, 0.25) is 0 Å². The minimum Gasteiger partial charge on any atom is -0.377 e. The minimum atomic E-state index is 0.673. The molecule has 1 aliphatic rings. The number of hydrogen-bond acceptors (Lipinski definition) is 5. The van der Waals surface area contributed by atoms with Gasteiger partial charge in [0.1, 0.15) is 0 Å². The van der Waals surface area contributed by atoms with Crippen molar-refractivity contribution in [2.45, 2.75) is 19.8 Å². The Bertz CT molecular complexity index is 617. The maximum Gasteiger partial charge on any atom is 0.247 e. The molecule has 21 heavy (non-hydrogen) atoms. The van der Waals surface area contributed by atoms with E-state index in [0.717, 1.165) is 38.3 Å². The van der Waals surface area contributed by atoms with Crippen molar-refractivity contribution in [2.24, 2.45) is 0 Å². The first-order valence-electron chi connectivity index (χ1n) is 7.18. The number of benzene rings is 1. The van der Waals surface area contributed by atoms with Gasteiger partial charge in [-0.2, -0.15) is 4.68 Å². The van der Waals surface area contributed by atoms with E-state index in [4.69, 9.17) is 4.74 Å². The van der Waals surface area contributed by atoms with Crippen LogP contribution in [0.3, 0.4) is 0 Å². The summed E-state index contributed by atoms with van der Waals surface area (Å²) in [6.45, 7) is 4.44. The van der Waals surface area contributed by atoms with Crippen molar-refractivity contribution < 1.29 is 4.74 Å². The Morgan fingerprint density at radius 2 is 2.14 bits per heavy atom. The van der Waals surface area contributed by atoms with Crippen LogP contribution in [0.5, 0.6) is 0 Å². The summed E-state index contributed by atoms with van der Waals surface area (Å²) in [4.78, 5) is 0. The van der Waals surface area contributed by atoms with Gasteiger partial charge in [0.05, 0.1) is 18.9 Å². The summed E-state index contributed by atoms with van der Waals surface area (Å²) >= 11 is 0. The normalized spacial score (nSPS) is 14.8. The lowest BCUT2D eigenvalue weighted by atomic mass is 10.1. The van der Waals surface area contributed by atoms with Gasteiger partial charge >= 0.3 is 0 Å². The zero-order chi connectivity index (χ0) is 14.5. The average Bonchev–Trinajstić information content (AvgIpc) is 2.98. The van der Waals surface area contributed by atoms with Crippen molar-refractivity contribution in [1.29, 1.82) is 0 Å². The molecule has 1 aliphatic heterocycles. The smallest absolute Gasteiger partial charge is 0.247 e. The largest absolute Gasteiger partial charge is 0.377 e. The standard InChI is InChI=1S/C15H19N5O/c1-12-2-4-14(5-3-12)20-15(17-18-19-20)16-9-6-13-7-10-21-11-8-13/h2-5,7H,6,8-11H2,1H3,(H,16,17,19). The van der Waals surface area contributed by atoms with E-state index in [-0.39, 0.29) is 0 Å². The molecule has 2 aromatic rings. The highest BCUT2D eigenvalue weighted by molar-refractivity contribution is 5.39. The second-order valence-electron chi connectivity index (χ2n) is 5.11. The number of rotatable bonds is 5. The van der Waals surface area contributed by atoms with Crippen LogP contribution in [-0.2, 0) is 4.74 Å². The van der Waals surface area contributed by atoms with Crippen molar-refractivity contribution >= 4 is 5.95 Å². The van der Waals surface area contributed by atoms with Crippen LogP contribution in [0.1, 0.15) is 18.4 Å². The molecular weight excluding hydrogens is 266 g/mol. The van der Waals surface area contributed by atoms with Crippen LogP contribution in [0.15, 0.2) is 35.9 Å². The molecule has 1 N–H and O–H groups in total. The van der Waals surface area contributed by atoms with Crippen LogP contribution in [-0.4, -0.2) is 40.0 Å². The van der Waals surface area contributed by atoms with Gasteiger partial charge in [0.15, 0.2) is 0 Å². The molecule has 3 rings (SSSR count). The summed E-state index contributed by atoms with van der Waals surface area (Å²) in [6, 6.07) is 8.12. The molecule has 0 spiro atoms. The first kappa shape index (κ1) is 13.8. The molecule has 0 atom stereocenters. The van der Waals surface area contributed by atoms with E-state index in [1.807, 2.05) is 24.3 Å². The molecular formula is C15H19N5O. The summed E-state index contributed by atoms with van der Waals surface area (Å²) in [6.07, 6.45) is 4.17. The van der Waals surface area contributed by atoms with Crippen LogP contribution in [0, 0.1) is 6.92 Å². The molecule has 0 aliphatic carbocycles. The maximum absolute atomic E-state index is 5.31. The molecule has 0 amide bonds. The van der Waals surface area contributed by atoms with Gasteiger partial charge in [0.2, 0.25) is 5.95 Å². The maximum atomic E-state index is 5.31. The molecule has 0 radical (unpaired) electrons. The second-order valence-corrected chi connectivity index (χ2v) is 5.11. The molecule has 2 heterocycles. The summed E-state index contributed by atoms with van der Waals surface area (Å²) in [5.41, 5.74) is 3.61. The van der Waals surface area contributed by atoms with E-state index in [1.165, 1.54) is 11.1 Å². The van der Waals surface area contributed by atoms with Crippen molar-refractivity contribution in [3.63, 3.8) is 0 Å². The first-order chi connectivity index (χ1) is 10.3. The molecule has 1 aromatic carbocycles. The molecule has 6 heteroatoms. The number of nitrogens with zero attached hydrogens (tertiary/aromatic N) is 4.